The molecule has 3 atom stereocenters. The molecule has 0 aliphatic carbocycles. The van der Waals surface area contributed by atoms with Crippen LogP contribution in [-0.4, -0.2) is 30.1 Å². The maximum Gasteiger partial charge on any atom is 0.0980 e. The molecule has 2 heterocycles. The quantitative estimate of drug-likeness (QED) is 0.587. The van der Waals surface area contributed by atoms with Gasteiger partial charge in [-0.3, -0.25) is 4.90 Å². The Morgan fingerprint density at radius 2 is 1.79 bits per heavy atom. The monoisotopic (exact) mass is 376 g/mol. The summed E-state index contributed by atoms with van der Waals surface area (Å²) in [5, 5.41) is 1.36. The molecule has 0 fully saturated rings. The van der Waals surface area contributed by atoms with Crippen molar-refractivity contribution < 1.29 is 4.74 Å². The normalized spacial score (nSPS) is 21.6. The molecular weight excluding hydrogens is 344 g/mol. The Bertz CT molecular complexity index is 930. The van der Waals surface area contributed by atoms with Gasteiger partial charge in [0.25, 0.3) is 0 Å². The molecule has 1 N–H and O–H groups in total. The van der Waals surface area contributed by atoms with E-state index in [0.717, 1.165) is 25.7 Å². The molecule has 0 amide bonds. The van der Waals surface area contributed by atoms with Crippen LogP contribution < -0.4 is 0 Å². The van der Waals surface area contributed by atoms with Crippen LogP contribution in [0.5, 0.6) is 0 Å². The van der Waals surface area contributed by atoms with E-state index in [1.807, 2.05) is 0 Å². The molecule has 0 bridgehead atoms. The molecule has 28 heavy (non-hydrogen) atoms. The molecule has 148 valence electrons. The lowest BCUT2D eigenvalue weighted by molar-refractivity contribution is -0.0312. The SMILES string of the molecule is CCC(CCC1OC(C)Cc2c1[nH]c1ccccc21)(c1ccccc1)N(C)C. The van der Waals surface area contributed by atoms with Crippen molar-refractivity contribution in [3.05, 3.63) is 71.4 Å². The lowest BCUT2D eigenvalue weighted by Crippen LogP contribution is -2.41. The highest BCUT2D eigenvalue weighted by atomic mass is 16.5. The highest BCUT2D eigenvalue weighted by molar-refractivity contribution is 5.85. The Balaban J connectivity index is 1.65. The minimum Gasteiger partial charge on any atom is -0.369 e. The first-order valence-corrected chi connectivity index (χ1v) is 10.5. The first-order valence-electron chi connectivity index (χ1n) is 10.5. The summed E-state index contributed by atoms with van der Waals surface area (Å²) in [6, 6.07) is 19.6. The number of fused-ring (bicyclic) bond motifs is 3. The van der Waals surface area contributed by atoms with Gasteiger partial charge >= 0.3 is 0 Å². The van der Waals surface area contributed by atoms with Crippen LogP contribution in [0.4, 0.5) is 0 Å². The summed E-state index contributed by atoms with van der Waals surface area (Å²) >= 11 is 0. The van der Waals surface area contributed by atoms with Crippen molar-refractivity contribution in [1.82, 2.24) is 9.88 Å². The molecule has 3 aromatic rings. The maximum atomic E-state index is 6.45. The largest absolute Gasteiger partial charge is 0.369 e. The zero-order valence-electron chi connectivity index (χ0n) is 17.5. The predicted molar refractivity (Wildman–Crippen MR) is 117 cm³/mol. The summed E-state index contributed by atoms with van der Waals surface area (Å²) in [5.74, 6) is 0. The van der Waals surface area contributed by atoms with E-state index in [4.69, 9.17) is 4.74 Å². The Morgan fingerprint density at radius 1 is 1.07 bits per heavy atom. The van der Waals surface area contributed by atoms with Gasteiger partial charge in [-0.25, -0.2) is 0 Å². The molecule has 4 rings (SSSR count). The molecule has 1 aromatic heterocycles. The molecule has 0 spiro atoms. The second-order valence-electron chi connectivity index (χ2n) is 8.39. The summed E-state index contributed by atoms with van der Waals surface area (Å²) in [6.07, 6.45) is 4.51. The number of H-pyrrole nitrogens is 1. The van der Waals surface area contributed by atoms with E-state index in [2.05, 4.69) is 92.4 Å². The third kappa shape index (κ3) is 3.27. The van der Waals surface area contributed by atoms with Crippen LogP contribution in [0.25, 0.3) is 10.9 Å². The van der Waals surface area contributed by atoms with Gasteiger partial charge in [-0.2, -0.15) is 0 Å². The molecule has 1 aliphatic rings. The molecule has 2 aromatic carbocycles. The Hall–Kier alpha value is -2.10. The van der Waals surface area contributed by atoms with E-state index >= 15 is 0 Å². The van der Waals surface area contributed by atoms with Crippen LogP contribution >= 0.6 is 0 Å². The minimum atomic E-state index is 0.0253. The summed E-state index contributed by atoms with van der Waals surface area (Å²) in [7, 11) is 4.41. The molecular formula is C25H32N2O. The average molecular weight is 377 g/mol. The number of para-hydroxylation sites is 1. The van der Waals surface area contributed by atoms with Gasteiger partial charge in [-0.1, -0.05) is 55.5 Å². The topological polar surface area (TPSA) is 28.3 Å². The number of aromatic amines is 1. The van der Waals surface area contributed by atoms with Crippen LogP contribution in [-0.2, 0) is 16.7 Å². The van der Waals surface area contributed by atoms with E-state index in [9.17, 15) is 0 Å². The highest BCUT2D eigenvalue weighted by Gasteiger charge is 2.36. The first kappa shape index (κ1) is 19.2. The van der Waals surface area contributed by atoms with Gasteiger partial charge in [0.15, 0.2) is 0 Å². The number of hydrogen-bond acceptors (Lipinski definition) is 2. The van der Waals surface area contributed by atoms with Crippen LogP contribution in [0, 0.1) is 0 Å². The Kier molecular flexibility index (Phi) is 5.31. The fourth-order valence-electron chi connectivity index (χ4n) is 5.05. The molecule has 3 heteroatoms. The second-order valence-corrected chi connectivity index (χ2v) is 8.39. The predicted octanol–water partition coefficient (Wildman–Crippen LogP) is 5.82. The molecule has 3 nitrogen and oxygen atoms in total. The average Bonchev–Trinajstić information content (AvgIpc) is 3.08. The summed E-state index contributed by atoms with van der Waals surface area (Å²) in [6.45, 7) is 4.50. The lowest BCUT2D eigenvalue weighted by Gasteiger charge is -2.41. The summed E-state index contributed by atoms with van der Waals surface area (Å²) < 4.78 is 6.45. The Morgan fingerprint density at radius 3 is 2.50 bits per heavy atom. The van der Waals surface area contributed by atoms with Crippen molar-refractivity contribution in [2.45, 2.75) is 57.3 Å². The van der Waals surface area contributed by atoms with Gasteiger partial charge in [0.05, 0.1) is 12.2 Å². The van der Waals surface area contributed by atoms with E-state index < -0.39 is 0 Å². The zero-order valence-corrected chi connectivity index (χ0v) is 17.5. The molecule has 0 radical (unpaired) electrons. The minimum absolute atomic E-state index is 0.0253. The molecule has 1 aliphatic heterocycles. The number of hydrogen-bond donors (Lipinski definition) is 1. The van der Waals surface area contributed by atoms with Crippen LogP contribution in [0.2, 0.25) is 0 Å². The number of aromatic nitrogens is 1. The van der Waals surface area contributed by atoms with Gasteiger partial charge in [0.2, 0.25) is 0 Å². The molecule has 0 saturated carbocycles. The van der Waals surface area contributed by atoms with E-state index in [-0.39, 0.29) is 17.7 Å². The summed E-state index contributed by atoms with van der Waals surface area (Å²) in [4.78, 5) is 6.06. The van der Waals surface area contributed by atoms with Crippen molar-refractivity contribution >= 4 is 10.9 Å². The fourth-order valence-corrected chi connectivity index (χ4v) is 5.05. The fraction of sp³-hybridized carbons (Fsp3) is 0.440. The number of ether oxygens (including phenoxy) is 1. The zero-order chi connectivity index (χ0) is 19.7. The van der Waals surface area contributed by atoms with Gasteiger partial charge in [-0.05, 0) is 57.5 Å². The number of benzene rings is 2. The smallest absolute Gasteiger partial charge is 0.0980 e. The van der Waals surface area contributed by atoms with E-state index in [0.29, 0.717) is 0 Å². The van der Waals surface area contributed by atoms with Crippen molar-refractivity contribution in [3.63, 3.8) is 0 Å². The second kappa shape index (κ2) is 7.73. The van der Waals surface area contributed by atoms with E-state index in [1.165, 1.54) is 27.7 Å². The standard InChI is InChI=1S/C25H32N2O/c1-5-25(27(3)4,19-11-7-6-8-12-19)16-15-23-24-21(17-18(2)28-23)20-13-9-10-14-22(20)26-24/h6-14,18,23,26H,5,15-17H2,1-4H3. The third-order valence-corrected chi connectivity index (χ3v) is 6.63. The van der Waals surface area contributed by atoms with Crippen LogP contribution in [0.15, 0.2) is 54.6 Å². The number of rotatable bonds is 6. The van der Waals surface area contributed by atoms with Crippen LogP contribution in [0.3, 0.4) is 0 Å². The highest BCUT2D eigenvalue weighted by Crippen LogP contribution is 2.42. The first-order chi connectivity index (χ1) is 13.5. The number of nitrogens with zero attached hydrogens (tertiary/aromatic N) is 1. The molecule has 0 saturated heterocycles. The van der Waals surface area contributed by atoms with Gasteiger partial charge < -0.3 is 9.72 Å². The maximum absolute atomic E-state index is 6.45. The van der Waals surface area contributed by atoms with Gasteiger partial charge in [0.1, 0.15) is 0 Å². The van der Waals surface area contributed by atoms with Crippen molar-refractivity contribution in [3.8, 4) is 0 Å². The van der Waals surface area contributed by atoms with Crippen molar-refractivity contribution in [2.75, 3.05) is 14.1 Å². The van der Waals surface area contributed by atoms with Crippen molar-refractivity contribution in [2.24, 2.45) is 0 Å². The van der Waals surface area contributed by atoms with Crippen molar-refractivity contribution in [1.29, 1.82) is 0 Å². The number of nitrogens with one attached hydrogen (secondary N) is 1. The van der Waals surface area contributed by atoms with Crippen LogP contribution in [0.1, 0.15) is 56.0 Å². The Labute approximate surface area is 168 Å². The van der Waals surface area contributed by atoms with Gasteiger partial charge in [0, 0.05) is 28.6 Å². The van der Waals surface area contributed by atoms with Gasteiger partial charge in [-0.15, -0.1) is 0 Å². The summed E-state index contributed by atoms with van der Waals surface area (Å²) in [5.41, 5.74) is 5.38. The lowest BCUT2D eigenvalue weighted by atomic mass is 9.80. The molecule has 3 unspecified atom stereocenters. The third-order valence-electron chi connectivity index (χ3n) is 6.63. The van der Waals surface area contributed by atoms with E-state index in [1.54, 1.807) is 0 Å².